The Bertz CT molecular complexity index is 120. The van der Waals surface area contributed by atoms with E-state index in [2.05, 4.69) is 78.2 Å². The van der Waals surface area contributed by atoms with E-state index in [0.29, 0.717) is 17.5 Å². The lowest BCUT2D eigenvalue weighted by atomic mass is 9.88. The van der Waals surface area contributed by atoms with E-state index in [1.54, 1.807) is 0 Å². The van der Waals surface area contributed by atoms with Gasteiger partial charge in [0, 0.05) is 20.9 Å². The first-order valence-electron chi connectivity index (χ1n) is 4.29. The van der Waals surface area contributed by atoms with Crippen LogP contribution in [0.2, 0.25) is 0 Å². The summed E-state index contributed by atoms with van der Waals surface area (Å²) >= 11 is 4.89. The van der Waals surface area contributed by atoms with Gasteiger partial charge in [-0.05, 0) is 12.3 Å². The highest BCUT2D eigenvalue weighted by Crippen LogP contribution is 2.21. The lowest BCUT2D eigenvalue weighted by molar-refractivity contribution is 0.281. The van der Waals surface area contributed by atoms with E-state index in [-0.39, 0.29) is 0 Å². The van der Waals surface area contributed by atoms with Crippen LogP contribution < -0.4 is 5.32 Å². The number of nitrogens with one attached hydrogen (secondary N) is 1. The van der Waals surface area contributed by atoms with Crippen LogP contribution >= 0.6 is 45.2 Å². The number of rotatable bonds is 4. The fourth-order valence-corrected chi connectivity index (χ4v) is 2.74. The van der Waals surface area contributed by atoms with Crippen molar-refractivity contribution >= 4 is 45.2 Å². The van der Waals surface area contributed by atoms with E-state index in [0.717, 1.165) is 0 Å². The van der Waals surface area contributed by atoms with Crippen LogP contribution in [0.25, 0.3) is 0 Å². The maximum atomic E-state index is 3.64. The van der Waals surface area contributed by atoms with Crippen molar-refractivity contribution in [2.24, 2.45) is 5.41 Å². The zero-order valence-electron chi connectivity index (χ0n) is 8.32. The molecule has 0 saturated heterocycles. The second-order valence-corrected chi connectivity index (χ2v) is 6.06. The van der Waals surface area contributed by atoms with Crippen LogP contribution in [-0.2, 0) is 0 Å². The standard InChI is InChI=1S/C9H19I2N/c1-7(5-10)12-8(6-11)9(2,3)4/h7-8,12H,5-6H2,1-4H3. The van der Waals surface area contributed by atoms with Gasteiger partial charge in [-0.3, -0.25) is 0 Å². The van der Waals surface area contributed by atoms with Gasteiger partial charge in [0.05, 0.1) is 0 Å². The molecule has 0 bridgehead atoms. The van der Waals surface area contributed by atoms with Crippen molar-refractivity contribution in [3.63, 3.8) is 0 Å². The van der Waals surface area contributed by atoms with Gasteiger partial charge in [-0.25, -0.2) is 0 Å². The monoisotopic (exact) mass is 395 g/mol. The Hall–Kier alpha value is 1.42. The molecular weight excluding hydrogens is 376 g/mol. The van der Waals surface area contributed by atoms with E-state index >= 15 is 0 Å². The second-order valence-electron chi connectivity index (χ2n) is 4.29. The molecule has 0 spiro atoms. The molecule has 0 rings (SSSR count). The summed E-state index contributed by atoms with van der Waals surface area (Å²) in [6, 6.07) is 1.26. The molecule has 0 fully saturated rings. The third-order valence-corrected chi connectivity index (χ3v) is 4.12. The van der Waals surface area contributed by atoms with Crippen molar-refractivity contribution in [3.8, 4) is 0 Å². The van der Waals surface area contributed by atoms with Crippen LogP contribution in [0.4, 0.5) is 0 Å². The Labute approximate surface area is 104 Å². The number of hydrogen-bond donors (Lipinski definition) is 1. The fourth-order valence-electron chi connectivity index (χ4n) is 0.914. The molecule has 0 saturated carbocycles. The molecule has 2 atom stereocenters. The predicted molar refractivity (Wildman–Crippen MR) is 73.6 cm³/mol. The summed E-state index contributed by atoms with van der Waals surface area (Å²) in [6.45, 7) is 9.13. The van der Waals surface area contributed by atoms with Crippen molar-refractivity contribution in [1.82, 2.24) is 5.32 Å². The lowest BCUT2D eigenvalue weighted by Crippen LogP contribution is -2.46. The van der Waals surface area contributed by atoms with E-state index < -0.39 is 0 Å². The van der Waals surface area contributed by atoms with Crippen LogP contribution in [0.15, 0.2) is 0 Å². The van der Waals surface area contributed by atoms with Crippen molar-refractivity contribution < 1.29 is 0 Å². The molecule has 74 valence electrons. The summed E-state index contributed by atoms with van der Waals surface area (Å²) in [5.41, 5.74) is 0.376. The summed E-state index contributed by atoms with van der Waals surface area (Å²) in [4.78, 5) is 0. The first-order chi connectivity index (χ1) is 5.41. The summed E-state index contributed by atoms with van der Waals surface area (Å²) in [5.74, 6) is 0. The first-order valence-corrected chi connectivity index (χ1v) is 7.35. The molecule has 1 nitrogen and oxygen atoms in total. The average molecular weight is 395 g/mol. The highest BCUT2D eigenvalue weighted by molar-refractivity contribution is 14.1. The van der Waals surface area contributed by atoms with E-state index in [4.69, 9.17) is 0 Å². The van der Waals surface area contributed by atoms with Gasteiger partial charge >= 0.3 is 0 Å². The third kappa shape index (κ3) is 5.21. The highest BCUT2D eigenvalue weighted by Gasteiger charge is 2.23. The van der Waals surface area contributed by atoms with Gasteiger partial charge in [0.2, 0.25) is 0 Å². The van der Waals surface area contributed by atoms with Crippen molar-refractivity contribution in [2.45, 2.75) is 39.8 Å². The Kier molecular flexibility index (Phi) is 6.72. The summed E-state index contributed by atoms with van der Waals surface area (Å²) in [6.07, 6.45) is 0. The summed E-state index contributed by atoms with van der Waals surface area (Å²) < 4.78 is 2.36. The topological polar surface area (TPSA) is 12.0 Å². The SMILES string of the molecule is CC(CI)NC(CI)C(C)(C)C. The molecule has 3 heteroatoms. The molecule has 0 aromatic rings. The Morgan fingerprint density at radius 3 is 1.92 bits per heavy atom. The maximum Gasteiger partial charge on any atom is 0.0208 e. The van der Waals surface area contributed by atoms with E-state index in [1.807, 2.05) is 0 Å². The van der Waals surface area contributed by atoms with Gasteiger partial charge < -0.3 is 5.32 Å². The van der Waals surface area contributed by atoms with Gasteiger partial charge in [-0.15, -0.1) is 0 Å². The molecule has 0 aromatic heterocycles. The van der Waals surface area contributed by atoms with Crippen LogP contribution in [0.1, 0.15) is 27.7 Å². The predicted octanol–water partition coefficient (Wildman–Crippen LogP) is 3.25. The van der Waals surface area contributed by atoms with Gasteiger partial charge in [-0.2, -0.15) is 0 Å². The Morgan fingerprint density at radius 2 is 1.67 bits per heavy atom. The molecule has 0 amide bonds. The molecular formula is C9H19I2N. The van der Waals surface area contributed by atoms with Crippen LogP contribution in [0, 0.1) is 5.41 Å². The lowest BCUT2D eigenvalue weighted by Gasteiger charge is -2.32. The first kappa shape index (κ1) is 13.4. The van der Waals surface area contributed by atoms with Gasteiger partial charge in [0.15, 0.2) is 0 Å². The molecule has 0 heterocycles. The van der Waals surface area contributed by atoms with Crippen molar-refractivity contribution in [2.75, 3.05) is 8.86 Å². The zero-order valence-corrected chi connectivity index (χ0v) is 12.6. The third-order valence-electron chi connectivity index (χ3n) is 1.92. The number of hydrogen-bond acceptors (Lipinski definition) is 1. The van der Waals surface area contributed by atoms with Gasteiger partial charge in [0.25, 0.3) is 0 Å². The van der Waals surface area contributed by atoms with Crippen molar-refractivity contribution in [1.29, 1.82) is 0 Å². The minimum Gasteiger partial charge on any atom is -0.309 e. The summed E-state index contributed by atoms with van der Waals surface area (Å²) in [7, 11) is 0. The zero-order chi connectivity index (χ0) is 9.78. The highest BCUT2D eigenvalue weighted by atomic mass is 127. The minimum atomic E-state index is 0.376. The Morgan fingerprint density at radius 1 is 1.17 bits per heavy atom. The molecule has 0 radical (unpaired) electrons. The van der Waals surface area contributed by atoms with Crippen LogP contribution in [0.5, 0.6) is 0 Å². The minimum absolute atomic E-state index is 0.376. The smallest absolute Gasteiger partial charge is 0.0208 e. The normalized spacial score (nSPS) is 17.5. The largest absolute Gasteiger partial charge is 0.309 e. The van der Waals surface area contributed by atoms with Crippen LogP contribution in [-0.4, -0.2) is 20.9 Å². The summed E-state index contributed by atoms with van der Waals surface area (Å²) in [5, 5.41) is 3.64. The quantitative estimate of drug-likeness (QED) is 0.570. The fraction of sp³-hybridized carbons (Fsp3) is 1.00. The van der Waals surface area contributed by atoms with Crippen molar-refractivity contribution in [3.05, 3.63) is 0 Å². The molecule has 12 heavy (non-hydrogen) atoms. The molecule has 0 aliphatic carbocycles. The molecule has 0 aliphatic rings. The maximum absolute atomic E-state index is 3.64. The Balaban J connectivity index is 4.00. The van der Waals surface area contributed by atoms with Gasteiger partial charge in [-0.1, -0.05) is 66.0 Å². The van der Waals surface area contributed by atoms with E-state index in [1.165, 1.54) is 8.86 Å². The number of halogens is 2. The van der Waals surface area contributed by atoms with Gasteiger partial charge in [0.1, 0.15) is 0 Å². The molecule has 2 unspecified atom stereocenters. The molecule has 0 aliphatic heterocycles. The van der Waals surface area contributed by atoms with E-state index in [9.17, 15) is 0 Å². The molecule has 1 N–H and O–H groups in total. The number of alkyl halides is 2. The average Bonchev–Trinajstić information content (AvgIpc) is 1.97. The van der Waals surface area contributed by atoms with Crippen LogP contribution in [0.3, 0.4) is 0 Å². The molecule has 0 aromatic carbocycles. The second kappa shape index (κ2) is 6.01.